The van der Waals surface area contributed by atoms with E-state index in [0.717, 1.165) is 5.39 Å². The maximum absolute atomic E-state index is 14.9. The van der Waals surface area contributed by atoms with Crippen molar-refractivity contribution in [1.29, 1.82) is 0 Å². The van der Waals surface area contributed by atoms with Crippen LogP contribution in [0.25, 0.3) is 10.9 Å². The summed E-state index contributed by atoms with van der Waals surface area (Å²) in [5.74, 6) is -1.91. The van der Waals surface area contributed by atoms with Crippen LogP contribution < -0.4 is 4.74 Å². The summed E-state index contributed by atoms with van der Waals surface area (Å²) < 4.78 is 36.7. The van der Waals surface area contributed by atoms with Crippen molar-refractivity contribution >= 4 is 16.9 Å². The number of pyridine rings is 1. The molecule has 1 spiro atoms. The molecule has 0 unspecified atom stereocenters. The molecule has 156 valence electrons. The van der Waals surface area contributed by atoms with Gasteiger partial charge < -0.3 is 23.8 Å². The summed E-state index contributed by atoms with van der Waals surface area (Å²) in [6, 6.07) is 6.53. The molecule has 7 nitrogen and oxygen atoms in total. The highest BCUT2D eigenvalue weighted by atomic mass is 19.1. The van der Waals surface area contributed by atoms with Gasteiger partial charge in [0.25, 0.3) is 0 Å². The molecule has 0 radical (unpaired) electrons. The van der Waals surface area contributed by atoms with Crippen molar-refractivity contribution in [1.82, 2.24) is 9.88 Å². The van der Waals surface area contributed by atoms with Gasteiger partial charge in [-0.05, 0) is 18.2 Å². The number of benzene rings is 1. The Morgan fingerprint density at radius 2 is 1.90 bits per heavy atom. The molecule has 4 rings (SSSR count). The van der Waals surface area contributed by atoms with Crippen molar-refractivity contribution in [2.45, 2.75) is 24.5 Å². The van der Waals surface area contributed by atoms with Gasteiger partial charge in [-0.1, -0.05) is 0 Å². The van der Waals surface area contributed by atoms with Crippen molar-refractivity contribution in [2.24, 2.45) is 0 Å². The third kappa shape index (κ3) is 3.92. The first-order valence-electron chi connectivity index (χ1n) is 9.76. The topological polar surface area (TPSA) is 70.1 Å². The van der Waals surface area contributed by atoms with E-state index in [1.165, 1.54) is 20.3 Å². The Balaban J connectivity index is 1.64. The highest BCUT2D eigenvalue weighted by Crippen LogP contribution is 2.34. The van der Waals surface area contributed by atoms with E-state index in [1.807, 2.05) is 0 Å². The Hall–Kier alpha value is -2.29. The van der Waals surface area contributed by atoms with Crippen LogP contribution in [0.3, 0.4) is 0 Å². The molecule has 29 heavy (non-hydrogen) atoms. The number of hydrogen-bond donors (Lipinski definition) is 0. The van der Waals surface area contributed by atoms with Gasteiger partial charge in [-0.2, -0.15) is 0 Å². The van der Waals surface area contributed by atoms with E-state index in [2.05, 4.69) is 9.88 Å². The number of esters is 1. The van der Waals surface area contributed by atoms with Gasteiger partial charge in [0.05, 0.1) is 38.9 Å². The fourth-order valence-corrected chi connectivity index (χ4v) is 4.16. The SMILES string of the molecule is COC(=O)[C@@H](CN1CCC2(CC1)OCCO2)c1c(F)ccc2ccc(OC)nc12. The predicted molar refractivity (Wildman–Crippen MR) is 103 cm³/mol. The number of likely N-dealkylation sites (tertiary alicyclic amines) is 1. The molecular weight excluding hydrogens is 379 g/mol. The summed E-state index contributed by atoms with van der Waals surface area (Å²) in [5.41, 5.74) is 0.651. The molecule has 0 bridgehead atoms. The summed E-state index contributed by atoms with van der Waals surface area (Å²) in [6.45, 7) is 2.93. The minimum absolute atomic E-state index is 0.238. The minimum Gasteiger partial charge on any atom is -0.481 e. The van der Waals surface area contributed by atoms with E-state index < -0.39 is 23.5 Å². The fraction of sp³-hybridized carbons (Fsp3) is 0.524. The maximum Gasteiger partial charge on any atom is 0.314 e. The Kier molecular flexibility index (Phi) is 5.67. The van der Waals surface area contributed by atoms with Gasteiger partial charge in [-0.3, -0.25) is 4.79 Å². The molecule has 1 atom stereocenters. The molecule has 3 heterocycles. The van der Waals surface area contributed by atoms with Crippen molar-refractivity contribution in [3.63, 3.8) is 0 Å². The van der Waals surface area contributed by atoms with Gasteiger partial charge in [0.1, 0.15) is 5.82 Å². The summed E-state index contributed by atoms with van der Waals surface area (Å²) >= 11 is 0. The number of rotatable bonds is 5. The molecule has 2 saturated heterocycles. The molecule has 0 aliphatic carbocycles. The van der Waals surface area contributed by atoms with Crippen LogP contribution in [0, 0.1) is 5.82 Å². The number of methoxy groups -OCH3 is 2. The number of hydrogen-bond acceptors (Lipinski definition) is 7. The lowest BCUT2D eigenvalue weighted by atomic mass is 9.93. The Bertz CT molecular complexity index is 890. The van der Waals surface area contributed by atoms with E-state index in [9.17, 15) is 9.18 Å². The molecule has 0 amide bonds. The van der Waals surface area contributed by atoms with Gasteiger partial charge in [-0.15, -0.1) is 0 Å². The molecule has 2 aromatic rings. The van der Waals surface area contributed by atoms with Crippen LogP contribution in [0.1, 0.15) is 24.3 Å². The third-order valence-electron chi connectivity index (χ3n) is 5.74. The molecule has 2 aliphatic heterocycles. The van der Waals surface area contributed by atoms with Crippen LogP contribution in [0.5, 0.6) is 5.88 Å². The lowest BCUT2D eigenvalue weighted by molar-refractivity contribution is -0.185. The van der Waals surface area contributed by atoms with E-state index in [4.69, 9.17) is 18.9 Å². The number of carbonyl (C=O) groups excluding carboxylic acids is 1. The number of halogens is 1. The summed E-state index contributed by atoms with van der Waals surface area (Å²) in [6.07, 6.45) is 1.43. The maximum atomic E-state index is 14.9. The highest BCUT2D eigenvalue weighted by Gasteiger charge is 2.41. The monoisotopic (exact) mass is 404 g/mol. The van der Waals surface area contributed by atoms with Crippen LogP contribution >= 0.6 is 0 Å². The van der Waals surface area contributed by atoms with E-state index in [-0.39, 0.29) is 5.56 Å². The third-order valence-corrected chi connectivity index (χ3v) is 5.74. The molecular formula is C21H25FN2O5. The van der Waals surface area contributed by atoms with Crippen molar-refractivity contribution in [2.75, 3.05) is 47.1 Å². The zero-order valence-electron chi connectivity index (χ0n) is 16.7. The number of fused-ring (bicyclic) bond motifs is 1. The second-order valence-corrected chi connectivity index (χ2v) is 7.37. The quantitative estimate of drug-likeness (QED) is 0.709. The average Bonchev–Trinajstić information content (AvgIpc) is 3.21. The number of piperidine rings is 1. The molecule has 0 saturated carbocycles. The van der Waals surface area contributed by atoms with E-state index >= 15 is 0 Å². The van der Waals surface area contributed by atoms with Crippen LogP contribution in [0.2, 0.25) is 0 Å². The van der Waals surface area contributed by atoms with Crippen molar-refractivity contribution in [3.05, 3.63) is 35.6 Å². The number of carbonyl (C=O) groups is 1. The smallest absolute Gasteiger partial charge is 0.314 e. The Morgan fingerprint density at radius 3 is 2.55 bits per heavy atom. The predicted octanol–water partition coefficient (Wildman–Crippen LogP) is 2.48. The van der Waals surface area contributed by atoms with Gasteiger partial charge in [0.2, 0.25) is 5.88 Å². The van der Waals surface area contributed by atoms with Crippen molar-refractivity contribution < 1.29 is 28.1 Å². The Morgan fingerprint density at radius 1 is 1.21 bits per heavy atom. The summed E-state index contributed by atoms with van der Waals surface area (Å²) in [5, 5.41) is 0.737. The van der Waals surface area contributed by atoms with Gasteiger partial charge in [-0.25, -0.2) is 9.37 Å². The molecule has 1 aromatic carbocycles. The normalized spacial score (nSPS) is 20.1. The second kappa shape index (κ2) is 8.22. The number of aromatic nitrogens is 1. The second-order valence-electron chi connectivity index (χ2n) is 7.37. The number of ether oxygens (including phenoxy) is 4. The fourth-order valence-electron chi connectivity index (χ4n) is 4.16. The summed E-state index contributed by atoms with van der Waals surface area (Å²) in [4.78, 5) is 19.2. The molecule has 1 aromatic heterocycles. The van der Waals surface area contributed by atoms with Gasteiger partial charge in [0.15, 0.2) is 5.79 Å². The lowest BCUT2D eigenvalue weighted by Gasteiger charge is -2.38. The zero-order chi connectivity index (χ0) is 20.4. The van der Waals surface area contributed by atoms with Crippen LogP contribution in [0.4, 0.5) is 4.39 Å². The minimum atomic E-state index is -0.803. The van der Waals surface area contributed by atoms with Crippen LogP contribution in [0.15, 0.2) is 24.3 Å². The van der Waals surface area contributed by atoms with Gasteiger partial charge >= 0.3 is 5.97 Å². The molecule has 8 heteroatoms. The lowest BCUT2D eigenvalue weighted by Crippen LogP contribution is -2.47. The molecule has 2 aliphatic rings. The molecule has 2 fully saturated rings. The van der Waals surface area contributed by atoms with Crippen LogP contribution in [-0.2, 0) is 19.0 Å². The van der Waals surface area contributed by atoms with E-state index in [1.54, 1.807) is 18.2 Å². The standard InChI is InChI=1S/C21H25FN2O5/c1-26-17-6-4-14-3-5-16(22)18(19(14)23-17)15(20(25)27-2)13-24-9-7-21(8-10-24)28-11-12-29-21/h3-6,15H,7-13H2,1-2H3/t15-/m0/s1. The first kappa shape index (κ1) is 20.0. The average molecular weight is 404 g/mol. The first-order valence-corrected chi connectivity index (χ1v) is 9.76. The zero-order valence-corrected chi connectivity index (χ0v) is 16.7. The molecule has 0 N–H and O–H groups in total. The first-order chi connectivity index (χ1) is 14.0. The van der Waals surface area contributed by atoms with Crippen LogP contribution in [-0.4, -0.2) is 68.7 Å². The van der Waals surface area contributed by atoms with Crippen molar-refractivity contribution in [3.8, 4) is 5.88 Å². The largest absolute Gasteiger partial charge is 0.481 e. The Labute approximate surface area is 168 Å². The summed E-state index contributed by atoms with van der Waals surface area (Å²) in [7, 11) is 2.82. The number of nitrogens with zero attached hydrogens (tertiary/aromatic N) is 2. The van der Waals surface area contributed by atoms with E-state index in [0.29, 0.717) is 57.1 Å². The highest BCUT2D eigenvalue weighted by molar-refractivity contribution is 5.89. The van der Waals surface area contributed by atoms with Gasteiger partial charge in [0, 0.05) is 49.5 Å².